The van der Waals surface area contributed by atoms with E-state index in [0.717, 1.165) is 5.56 Å². The molecule has 1 heterocycles. The standard InChI is InChI=1S/C33H28ClNO7/c1-20(2)41-25-11-13-26(14-12-25)42-27-15-16-29-28(17-27)32(33(38)39)30(18-31(36)37)35(29)23-7-9-24(10-8-23)40-19-21-3-5-22(34)6-4-21/h3-17,20H,18-19H2,1-2H3,(H,36,37)(H,38,39). The number of hydrogen-bond acceptors (Lipinski definition) is 5. The predicted octanol–water partition coefficient (Wildman–Crippen LogP) is 7.77. The summed E-state index contributed by atoms with van der Waals surface area (Å²) in [6.45, 7) is 4.22. The van der Waals surface area contributed by atoms with Gasteiger partial charge in [-0.1, -0.05) is 23.7 Å². The van der Waals surface area contributed by atoms with E-state index in [1.54, 1.807) is 83.4 Å². The lowest BCUT2D eigenvalue weighted by Gasteiger charge is -2.13. The molecule has 0 saturated heterocycles. The number of carbonyl (C=O) groups is 2. The molecule has 0 aliphatic rings. The number of benzene rings is 4. The van der Waals surface area contributed by atoms with Gasteiger partial charge < -0.3 is 29.0 Å². The third-order valence-electron chi connectivity index (χ3n) is 6.41. The molecule has 0 bridgehead atoms. The van der Waals surface area contributed by atoms with Gasteiger partial charge in [0.05, 0.1) is 23.6 Å². The molecule has 2 N–H and O–H groups in total. The number of halogens is 1. The van der Waals surface area contributed by atoms with Crippen molar-refractivity contribution in [3.05, 3.63) is 113 Å². The second kappa shape index (κ2) is 12.3. The Morgan fingerprint density at radius 1 is 0.810 bits per heavy atom. The first kappa shape index (κ1) is 28.6. The normalized spacial score (nSPS) is 11.0. The molecule has 214 valence electrons. The molecule has 8 nitrogen and oxygen atoms in total. The summed E-state index contributed by atoms with van der Waals surface area (Å²) in [4.78, 5) is 24.3. The highest BCUT2D eigenvalue weighted by molar-refractivity contribution is 6.30. The lowest BCUT2D eigenvalue weighted by Crippen LogP contribution is -2.11. The quantitative estimate of drug-likeness (QED) is 0.163. The molecular weight excluding hydrogens is 558 g/mol. The summed E-state index contributed by atoms with van der Waals surface area (Å²) in [7, 11) is 0. The average molecular weight is 586 g/mol. The molecule has 0 radical (unpaired) electrons. The maximum absolute atomic E-state index is 12.5. The molecule has 0 aliphatic heterocycles. The van der Waals surface area contributed by atoms with Crippen molar-refractivity contribution in [1.82, 2.24) is 4.57 Å². The van der Waals surface area contributed by atoms with Crippen LogP contribution in [0.4, 0.5) is 0 Å². The number of aliphatic carboxylic acids is 1. The van der Waals surface area contributed by atoms with Crippen molar-refractivity contribution in [2.75, 3.05) is 0 Å². The summed E-state index contributed by atoms with van der Waals surface area (Å²) >= 11 is 5.95. The van der Waals surface area contributed by atoms with Crippen LogP contribution in [0.3, 0.4) is 0 Å². The topological polar surface area (TPSA) is 107 Å². The van der Waals surface area contributed by atoms with Crippen LogP contribution in [0.2, 0.25) is 5.02 Å². The lowest BCUT2D eigenvalue weighted by atomic mass is 10.1. The molecule has 0 saturated carbocycles. The summed E-state index contributed by atoms with van der Waals surface area (Å²) < 4.78 is 19.2. The highest BCUT2D eigenvalue weighted by Gasteiger charge is 2.25. The zero-order valence-corrected chi connectivity index (χ0v) is 23.7. The number of fused-ring (bicyclic) bond motifs is 1. The van der Waals surface area contributed by atoms with Gasteiger partial charge in [-0.15, -0.1) is 0 Å². The highest BCUT2D eigenvalue weighted by atomic mass is 35.5. The van der Waals surface area contributed by atoms with E-state index < -0.39 is 18.4 Å². The number of aromatic carboxylic acids is 1. The van der Waals surface area contributed by atoms with Crippen LogP contribution in [0, 0.1) is 0 Å². The number of rotatable bonds is 11. The van der Waals surface area contributed by atoms with E-state index in [-0.39, 0.29) is 17.4 Å². The Morgan fingerprint density at radius 3 is 2.05 bits per heavy atom. The van der Waals surface area contributed by atoms with Gasteiger partial charge in [0.2, 0.25) is 0 Å². The van der Waals surface area contributed by atoms with Crippen LogP contribution in [-0.4, -0.2) is 32.8 Å². The first-order valence-electron chi connectivity index (χ1n) is 13.2. The summed E-state index contributed by atoms with van der Waals surface area (Å²) in [6.07, 6.45) is -0.450. The summed E-state index contributed by atoms with van der Waals surface area (Å²) in [5.74, 6) is -0.120. The molecule has 0 spiro atoms. The van der Waals surface area contributed by atoms with Crippen molar-refractivity contribution in [1.29, 1.82) is 0 Å². The van der Waals surface area contributed by atoms with Gasteiger partial charge in [0.15, 0.2) is 0 Å². The van der Waals surface area contributed by atoms with Crippen LogP contribution < -0.4 is 14.2 Å². The van der Waals surface area contributed by atoms with Gasteiger partial charge in [-0.05, 0) is 98.3 Å². The molecule has 0 fully saturated rings. The lowest BCUT2D eigenvalue weighted by molar-refractivity contribution is -0.136. The van der Waals surface area contributed by atoms with Crippen molar-refractivity contribution in [3.8, 4) is 28.7 Å². The van der Waals surface area contributed by atoms with Crippen molar-refractivity contribution in [3.63, 3.8) is 0 Å². The van der Waals surface area contributed by atoms with Gasteiger partial charge in [-0.2, -0.15) is 0 Å². The van der Waals surface area contributed by atoms with E-state index in [1.807, 2.05) is 26.0 Å². The molecule has 0 amide bonds. The van der Waals surface area contributed by atoms with Gasteiger partial charge in [0.1, 0.15) is 29.6 Å². The van der Waals surface area contributed by atoms with Gasteiger partial charge in [0, 0.05) is 21.8 Å². The van der Waals surface area contributed by atoms with E-state index >= 15 is 0 Å². The van der Waals surface area contributed by atoms with Crippen LogP contribution in [0.25, 0.3) is 16.6 Å². The smallest absolute Gasteiger partial charge is 0.338 e. The number of carboxylic acids is 2. The molecular formula is C33H28ClNO7. The molecule has 4 aromatic carbocycles. The molecule has 5 rings (SSSR count). The summed E-state index contributed by atoms with van der Waals surface area (Å²) in [5, 5.41) is 20.8. The summed E-state index contributed by atoms with van der Waals surface area (Å²) in [5.41, 5.74) is 2.13. The van der Waals surface area contributed by atoms with E-state index in [4.69, 9.17) is 25.8 Å². The minimum Gasteiger partial charge on any atom is -0.491 e. The second-order valence-electron chi connectivity index (χ2n) is 9.86. The van der Waals surface area contributed by atoms with Crippen LogP contribution in [0.5, 0.6) is 23.0 Å². The molecule has 1 aromatic heterocycles. The zero-order chi connectivity index (χ0) is 29.8. The molecule has 5 aromatic rings. The number of hydrogen-bond donors (Lipinski definition) is 2. The fourth-order valence-corrected chi connectivity index (χ4v) is 4.79. The van der Waals surface area contributed by atoms with Gasteiger partial charge in [0.25, 0.3) is 0 Å². The van der Waals surface area contributed by atoms with Crippen molar-refractivity contribution in [2.24, 2.45) is 0 Å². The second-order valence-corrected chi connectivity index (χ2v) is 10.3. The minimum absolute atomic E-state index is 0.0377. The Kier molecular flexibility index (Phi) is 8.36. The Balaban J connectivity index is 1.48. The van der Waals surface area contributed by atoms with E-state index in [2.05, 4.69) is 0 Å². The third-order valence-corrected chi connectivity index (χ3v) is 6.67. The zero-order valence-electron chi connectivity index (χ0n) is 22.9. The number of carboxylic acid groups (broad SMARTS) is 2. The van der Waals surface area contributed by atoms with Crippen LogP contribution >= 0.6 is 11.6 Å². The summed E-state index contributed by atoms with van der Waals surface area (Å²) in [6, 6.07) is 26.5. The number of nitrogens with zero attached hydrogens (tertiary/aromatic N) is 1. The predicted molar refractivity (Wildman–Crippen MR) is 160 cm³/mol. The van der Waals surface area contributed by atoms with E-state index in [9.17, 15) is 19.8 Å². The molecule has 0 aliphatic carbocycles. The monoisotopic (exact) mass is 585 g/mol. The van der Waals surface area contributed by atoms with Crippen LogP contribution in [0.15, 0.2) is 91.0 Å². The molecule has 9 heteroatoms. The minimum atomic E-state index is -1.23. The molecule has 0 atom stereocenters. The molecule has 42 heavy (non-hydrogen) atoms. The fraction of sp³-hybridized carbons (Fsp3) is 0.152. The largest absolute Gasteiger partial charge is 0.491 e. The van der Waals surface area contributed by atoms with Crippen LogP contribution in [0.1, 0.15) is 35.5 Å². The molecule has 0 unspecified atom stereocenters. The van der Waals surface area contributed by atoms with Crippen molar-refractivity contribution >= 4 is 34.4 Å². The Morgan fingerprint density at radius 2 is 1.43 bits per heavy atom. The average Bonchev–Trinajstić information content (AvgIpc) is 3.26. The Bertz CT molecular complexity index is 1720. The van der Waals surface area contributed by atoms with Crippen molar-refractivity contribution in [2.45, 2.75) is 33.0 Å². The number of aromatic nitrogens is 1. The van der Waals surface area contributed by atoms with E-state index in [0.29, 0.717) is 51.2 Å². The maximum atomic E-state index is 12.5. The van der Waals surface area contributed by atoms with Crippen molar-refractivity contribution < 1.29 is 34.0 Å². The number of ether oxygens (including phenoxy) is 3. The van der Waals surface area contributed by atoms with Gasteiger partial charge >= 0.3 is 11.9 Å². The SMILES string of the molecule is CC(C)Oc1ccc(Oc2ccc3c(c2)c(C(=O)O)c(CC(=O)O)n3-c2ccc(OCc3ccc(Cl)cc3)cc2)cc1. The van der Waals surface area contributed by atoms with E-state index in [1.165, 1.54) is 0 Å². The highest BCUT2D eigenvalue weighted by Crippen LogP contribution is 2.35. The maximum Gasteiger partial charge on any atom is 0.338 e. The Labute approximate surface area is 247 Å². The van der Waals surface area contributed by atoms with Gasteiger partial charge in [-0.3, -0.25) is 4.79 Å². The first-order valence-corrected chi connectivity index (χ1v) is 13.6. The third kappa shape index (κ3) is 6.50. The fourth-order valence-electron chi connectivity index (χ4n) is 4.66. The van der Waals surface area contributed by atoms with Gasteiger partial charge in [-0.25, -0.2) is 4.79 Å². The van der Waals surface area contributed by atoms with Crippen LogP contribution in [-0.2, 0) is 17.8 Å². The Hall–Kier alpha value is -4.95. The first-order chi connectivity index (χ1) is 20.2.